The molecule has 2 N–H and O–H groups in total. The van der Waals surface area contributed by atoms with Gasteiger partial charge < -0.3 is 5.32 Å². The lowest BCUT2D eigenvalue weighted by Gasteiger charge is -2.11. The Morgan fingerprint density at radius 2 is 2.35 bits per heavy atom. The highest BCUT2D eigenvalue weighted by Gasteiger charge is 2.11. The lowest BCUT2D eigenvalue weighted by Crippen LogP contribution is -2.10. The molecule has 3 aromatic rings. The zero-order chi connectivity index (χ0) is 11.7. The highest BCUT2D eigenvalue weighted by molar-refractivity contribution is 5.61. The van der Waals surface area contributed by atoms with Crippen molar-refractivity contribution in [1.29, 1.82) is 0 Å². The van der Waals surface area contributed by atoms with E-state index >= 15 is 0 Å². The van der Waals surface area contributed by atoms with Crippen molar-refractivity contribution in [3.05, 3.63) is 30.9 Å². The van der Waals surface area contributed by atoms with Gasteiger partial charge in [0.15, 0.2) is 5.82 Å². The van der Waals surface area contributed by atoms with Crippen molar-refractivity contribution in [3.8, 4) is 0 Å². The van der Waals surface area contributed by atoms with E-state index in [0.29, 0.717) is 11.5 Å². The quantitative estimate of drug-likeness (QED) is 0.676. The molecule has 0 bridgehead atoms. The van der Waals surface area contributed by atoms with Crippen molar-refractivity contribution in [2.75, 3.05) is 5.32 Å². The molecule has 1 unspecified atom stereocenters. The van der Waals surface area contributed by atoms with Crippen LogP contribution >= 0.6 is 0 Å². The van der Waals surface area contributed by atoms with E-state index in [0.717, 1.165) is 5.82 Å². The summed E-state index contributed by atoms with van der Waals surface area (Å²) in [6.45, 7) is 1.96. The monoisotopic (exact) mass is 230 g/mol. The summed E-state index contributed by atoms with van der Waals surface area (Å²) >= 11 is 0. The molecular formula is C9H10N8. The molecule has 8 nitrogen and oxygen atoms in total. The molecule has 0 fully saturated rings. The van der Waals surface area contributed by atoms with Crippen molar-refractivity contribution in [1.82, 2.24) is 34.8 Å². The van der Waals surface area contributed by atoms with Crippen LogP contribution in [0.3, 0.4) is 0 Å². The van der Waals surface area contributed by atoms with Crippen LogP contribution in [-0.2, 0) is 0 Å². The predicted octanol–water partition coefficient (Wildman–Crippen LogP) is 0.415. The van der Waals surface area contributed by atoms with E-state index in [4.69, 9.17) is 0 Å². The molecule has 0 saturated heterocycles. The van der Waals surface area contributed by atoms with Gasteiger partial charge in [0, 0.05) is 12.4 Å². The molecule has 0 radical (unpaired) electrons. The van der Waals surface area contributed by atoms with Crippen LogP contribution in [0, 0.1) is 0 Å². The van der Waals surface area contributed by atoms with Crippen molar-refractivity contribution >= 4 is 11.5 Å². The van der Waals surface area contributed by atoms with Crippen molar-refractivity contribution in [3.63, 3.8) is 0 Å². The third-order valence-corrected chi connectivity index (χ3v) is 2.41. The van der Waals surface area contributed by atoms with Gasteiger partial charge in [-0.05, 0) is 6.92 Å². The first-order valence-corrected chi connectivity index (χ1v) is 5.11. The second-order valence-corrected chi connectivity index (χ2v) is 3.57. The number of rotatable bonds is 3. The maximum atomic E-state index is 4.23. The Morgan fingerprint density at radius 1 is 1.41 bits per heavy atom. The van der Waals surface area contributed by atoms with Crippen LogP contribution in [0.2, 0.25) is 0 Å². The maximum Gasteiger partial charge on any atom is 0.203 e. The summed E-state index contributed by atoms with van der Waals surface area (Å²) < 4.78 is 1.79. The minimum absolute atomic E-state index is 0.0344. The van der Waals surface area contributed by atoms with Crippen LogP contribution in [0.25, 0.3) is 5.65 Å². The van der Waals surface area contributed by atoms with Gasteiger partial charge in [-0.2, -0.15) is 5.10 Å². The number of nitrogens with one attached hydrogen (secondary N) is 2. The Kier molecular flexibility index (Phi) is 2.18. The molecule has 17 heavy (non-hydrogen) atoms. The first-order valence-electron chi connectivity index (χ1n) is 5.11. The summed E-state index contributed by atoms with van der Waals surface area (Å²) in [4.78, 5) is 8.31. The number of anilines is 1. The topological polar surface area (TPSA) is 96.7 Å². The van der Waals surface area contributed by atoms with E-state index in [2.05, 4.69) is 35.7 Å². The zero-order valence-electron chi connectivity index (χ0n) is 9.07. The van der Waals surface area contributed by atoms with Crippen LogP contribution in [0.5, 0.6) is 0 Å². The largest absolute Gasteiger partial charge is 0.357 e. The smallest absolute Gasteiger partial charge is 0.203 e. The number of nitrogens with zero attached hydrogens (tertiary/aromatic N) is 6. The number of hydrogen-bond donors (Lipinski definition) is 2. The van der Waals surface area contributed by atoms with Gasteiger partial charge in [-0.25, -0.2) is 9.97 Å². The molecule has 8 heteroatoms. The summed E-state index contributed by atoms with van der Waals surface area (Å²) in [5, 5.41) is 17.6. The Bertz CT molecular complexity index is 613. The molecular weight excluding hydrogens is 220 g/mol. The Hall–Kier alpha value is -2.51. The molecule has 0 saturated carbocycles. The minimum atomic E-state index is -0.0344. The van der Waals surface area contributed by atoms with Gasteiger partial charge in [0.05, 0.1) is 6.04 Å². The molecule has 0 aromatic carbocycles. The lowest BCUT2D eigenvalue weighted by atomic mass is 10.3. The van der Waals surface area contributed by atoms with Gasteiger partial charge in [-0.15, -0.1) is 10.2 Å². The van der Waals surface area contributed by atoms with Gasteiger partial charge in [-0.1, -0.05) is 0 Å². The molecule has 0 aliphatic carbocycles. The van der Waals surface area contributed by atoms with Gasteiger partial charge in [-0.3, -0.25) is 9.50 Å². The standard InChI is InChI=1S/C9H10N8/c1-6(7-11-4-12-15-7)14-8-9-16-13-5-17(9)3-2-10-8/h2-6H,1H3,(H,10,14)(H,11,12,15). The van der Waals surface area contributed by atoms with Gasteiger partial charge >= 0.3 is 0 Å². The number of H-pyrrole nitrogens is 1. The van der Waals surface area contributed by atoms with Crippen LogP contribution in [0.4, 0.5) is 5.82 Å². The van der Waals surface area contributed by atoms with Crippen molar-refractivity contribution in [2.45, 2.75) is 13.0 Å². The molecule has 3 rings (SSSR count). The van der Waals surface area contributed by atoms with Crippen molar-refractivity contribution < 1.29 is 0 Å². The van der Waals surface area contributed by atoms with E-state index in [1.54, 1.807) is 23.1 Å². The lowest BCUT2D eigenvalue weighted by molar-refractivity contribution is 0.789. The fourth-order valence-corrected chi connectivity index (χ4v) is 1.56. The van der Waals surface area contributed by atoms with Gasteiger partial charge in [0.2, 0.25) is 5.65 Å². The maximum absolute atomic E-state index is 4.23. The highest BCUT2D eigenvalue weighted by atomic mass is 15.3. The summed E-state index contributed by atoms with van der Waals surface area (Å²) in [6.07, 6.45) is 6.57. The predicted molar refractivity (Wildman–Crippen MR) is 59.2 cm³/mol. The average Bonchev–Trinajstić information content (AvgIpc) is 3.00. The number of fused-ring (bicyclic) bond motifs is 1. The summed E-state index contributed by atoms with van der Waals surface area (Å²) in [6, 6.07) is -0.0344. The van der Waals surface area contributed by atoms with Crippen LogP contribution in [0.15, 0.2) is 25.0 Å². The fourth-order valence-electron chi connectivity index (χ4n) is 1.56. The van der Waals surface area contributed by atoms with E-state index in [9.17, 15) is 0 Å². The third-order valence-electron chi connectivity index (χ3n) is 2.41. The first kappa shape index (κ1) is 9.70. The molecule has 3 heterocycles. The molecule has 0 aliphatic heterocycles. The molecule has 1 atom stereocenters. The van der Waals surface area contributed by atoms with Crippen molar-refractivity contribution in [2.24, 2.45) is 0 Å². The Labute approximate surface area is 96.1 Å². The second kappa shape index (κ2) is 3.81. The molecule has 86 valence electrons. The van der Waals surface area contributed by atoms with Crippen LogP contribution in [-0.4, -0.2) is 34.8 Å². The molecule has 0 amide bonds. The number of aromatic nitrogens is 7. The summed E-state index contributed by atoms with van der Waals surface area (Å²) in [5.74, 6) is 1.40. The second-order valence-electron chi connectivity index (χ2n) is 3.57. The first-order chi connectivity index (χ1) is 8.34. The number of aromatic amines is 1. The van der Waals surface area contributed by atoms with Crippen LogP contribution in [0.1, 0.15) is 18.8 Å². The minimum Gasteiger partial charge on any atom is -0.357 e. The van der Waals surface area contributed by atoms with Crippen LogP contribution < -0.4 is 5.32 Å². The fraction of sp³-hybridized carbons (Fsp3) is 0.222. The normalized spacial score (nSPS) is 12.8. The molecule has 0 aliphatic rings. The SMILES string of the molecule is CC(Nc1nccn2cnnc12)c1ncn[nH]1. The average molecular weight is 230 g/mol. The summed E-state index contributed by atoms with van der Waals surface area (Å²) in [5.41, 5.74) is 0.680. The van der Waals surface area contributed by atoms with E-state index in [-0.39, 0.29) is 6.04 Å². The van der Waals surface area contributed by atoms with Gasteiger partial charge in [0.25, 0.3) is 0 Å². The third kappa shape index (κ3) is 1.69. The van der Waals surface area contributed by atoms with E-state index in [1.807, 2.05) is 6.92 Å². The zero-order valence-corrected chi connectivity index (χ0v) is 9.07. The summed E-state index contributed by atoms with van der Waals surface area (Å²) in [7, 11) is 0. The van der Waals surface area contributed by atoms with E-state index in [1.165, 1.54) is 6.33 Å². The Balaban J connectivity index is 1.92. The molecule has 0 spiro atoms. The Morgan fingerprint density at radius 3 is 3.18 bits per heavy atom. The van der Waals surface area contributed by atoms with E-state index < -0.39 is 0 Å². The van der Waals surface area contributed by atoms with Gasteiger partial charge in [0.1, 0.15) is 18.5 Å². The highest BCUT2D eigenvalue weighted by Crippen LogP contribution is 2.16. The number of hydrogen-bond acceptors (Lipinski definition) is 6. The molecule has 3 aromatic heterocycles.